The molecule has 0 saturated carbocycles. The molecule has 2 atom stereocenters. The first-order valence-electron chi connectivity index (χ1n) is 7.50. The standard InChI is InChI=1S/C14H25N5O2/c1-11(20)5-6-15-14(21)17-12-4-3-7-19(9-12)13-8-16-18(2)10-13/h8,10-12,20H,3-7,9H2,1-2H3,(H2,15,17,21). The van der Waals surface area contributed by atoms with Crippen LogP contribution in [0.25, 0.3) is 0 Å². The fourth-order valence-corrected chi connectivity index (χ4v) is 2.53. The molecular formula is C14H25N5O2. The van der Waals surface area contributed by atoms with E-state index in [4.69, 9.17) is 5.11 Å². The second-order valence-corrected chi connectivity index (χ2v) is 5.70. The number of carbonyl (C=O) groups excluding carboxylic acids is 1. The van der Waals surface area contributed by atoms with Crippen LogP contribution in [0.1, 0.15) is 26.2 Å². The summed E-state index contributed by atoms with van der Waals surface area (Å²) >= 11 is 0. The van der Waals surface area contributed by atoms with Crippen LogP contribution in [0.5, 0.6) is 0 Å². The minimum Gasteiger partial charge on any atom is -0.393 e. The smallest absolute Gasteiger partial charge is 0.315 e. The molecule has 7 nitrogen and oxygen atoms in total. The summed E-state index contributed by atoms with van der Waals surface area (Å²) in [5, 5.41) is 19.1. The first-order chi connectivity index (χ1) is 10.0. The third kappa shape index (κ3) is 4.93. The number of piperidine rings is 1. The van der Waals surface area contributed by atoms with E-state index in [1.54, 1.807) is 11.6 Å². The lowest BCUT2D eigenvalue weighted by Crippen LogP contribution is -2.50. The van der Waals surface area contributed by atoms with Gasteiger partial charge in [-0.05, 0) is 26.2 Å². The van der Waals surface area contributed by atoms with Gasteiger partial charge in [-0.3, -0.25) is 4.68 Å². The minimum absolute atomic E-state index is 0.144. The number of carbonyl (C=O) groups is 1. The summed E-state index contributed by atoms with van der Waals surface area (Å²) in [6, 6.07) is -0.0146. The van der Waals surface area contributed by atoms with Gasteiger partial charge in [-0.25, -0.2) is 4.79 Å². The lowest BCUT2D eigenvalue weighted by atomic mass is 10.1. The highest BCUT2D eigenvalue weighted by Gasteiger charge is 2.22. The molecule has 0 spiro atoms. The average molecular weight is 295 g/mol. The van der Waals surface area contributed by atoms with Gasteiger partial charge in [0.25, 0.3) is 0 Å². The highest BCUT2D eigenvalue weighted by molar-refractivity contribution is 5.74. The van der Waals surface area contributed by atoms with Crippen molar-refractivity contribution in [3.8, 4) is 0 Å². The molecule has 21 heavy (non-hydrogen) atoms. The zero-order chi connectivity index (χ0) is 15.2. The van der Waals surface area contributed by atoms with Crippen LogP contribution < -0.4 is 15.5 Å². The second kappa shape index (κ2) is 7.31. The predicted octanol–water partition coefficient (Wildman–Crippen LogP) is 0.459. The predicted molar refractivity (Wildman–Crippen MR) is 81.3 cm³/mol. The molecule has 0 bridgehead atoms. The fourth-order valence-electron chi connectivity index (χ4n) is 2.53. The van der Waals surface area contributed by atoms with Crippen LogP contribution in [0.15, 0.2) is 12.4 Å². The molecule has 1 aliphatic heterocycles. The van der Waals surface area contributed by atoms with Gasteiger partial charge in [-0.2, -0.15) is 5.10 Å². The van der Waals surface area contributed by atoms with Crippen LogP contribution in [-0.2, 0) is 7.05 Å². The Labute approximate surface area is 125 Å². The Kier molecular flexibility index (Phi) is 5.44. The maximum Gasteiger partial charge on any atom is 0.315 e. The van der Waals surface area contributed by atoms with Crippen LogP contribution in [0.3, 0.4) is 0 Å². The summed E-state index contributed by atoms with van der Waals surface area (Å²) in [6.45, 7) is 4.00. The number of rotatable bonds is 5. The van der Waals surface area contributed by atoms with Crippen molar-refractivity contribution in [3.05, 3.63) is 12.4 Å². The van der Waals surface area contributed by atoms with Gasteiger partial charge in [0.15, 0.2) is 0 Å². The van der Waals surface area contributed by atoms with E-state index in [-0.39, 0.29) is 18.2 Å². The number of aliphatic hydroxyl groups is 1. The van der Waals surface area contributed by atoms with Gasteiger partial charge in [-0.1, -0.05) is 0 Å². The first-order valence-corrected chi connectivity index (χ1v) is 7.50. The van der Waals surface area contributed by atoms with Crippen LogP contribution in [0.2, 0.25) is 0 Å². The summed E-state index contributed by atoms with van der Waals surface area (Å²) in [5.41, 5.74) is 1.10. The number of nitrogens with zero attached hydrogens (tertiary/aromatic N) is 3. The molecule has 0 aromatic carbocycles. The highest BCUT2D eigenvalue weighted by atomic mass is 16.3. The van der Waals surface area contributed by atoms with Crippen LogP contribution >= 0.6 is 0 Å². The number of amides is 2. The molecule has 1 aliphatic rings. The molecule has 1 fully saturated rings. The SMILES string of the molecule is CC(O)CCNC(=O)NC1CCCN(c2cnn(C)c2)C1. The second-order valence-electron chi connectivity index (χ2n) is 5.70. The molecule has 0 aliphatic carbocycles. The molecule has 3 N–H and O–H groups in total. The average Bonchev–Trinajstić information content (AvgIpc) is 2.85. The number of aryl methyl sites for hydroxylation is 1. The third-order valence-corrected chi connectivity index (χ3v) is 3.66. The number of nitrogens with one attached hydrogen (secondary N) is 2. The van der Waals surface area contributed by atoms with E-state index in [0.717, 1.165) is 31.6 Å². The Hall–Kier alpha value is -1.76. The highest BCUT2D eigenvalue weighted by Crippen LogP contribution is 2.18. The van der Waals surface area contributed by atoms with Gasteiger partial charge in [0.05, 0.1) is 18.0 Å². The van der Waals surface area contributed by atoms with E-state index >= 15 is 0 Å². The quantitative estimate of drug-likeness (QED) is 0.737. The summed E-state index contributed by atoms with van der Waals surface area (Å²) in [7, 11) is 1.90. The molecule has 2 amide bonds. The van der Waals surface area contributed by atoms with E-state index in [9.17, 15) is 4.79 Å². The van der Waals surface area contributed by atoms with Crippen LogP contribution in [-0.4, -0.2) is 52.7 Å². The molecule has 0 radical (unpaired) electrons. The van der Waals surface area contributed by atoms with Crippen molar-refractivity contribution in [1.82, 2.24) is 20.4 Å². The summed E-state index contributed by atoms with van der Waals surface area (Å²) < 4.78 is 1.79. The Bertz CT molecular complexity index is 460. The summed E-state index contributed by atoms with van der Waals surface area (Å²) in [4.78, 5) is 14.0. The Balaban J connectivity index is 1.77. The van der Waals surface area contributed by atoms with Gasteiger partial charge in [0, 0.05) is 38.9 Å². The number of hydrogen-bond donors (Lipinski definition) is 3. The van der Waals surface area contributed by atoms with E-state index in [1.165, 1.54) is 0 Å². The number of hydrogen-bond acceptors (Lipinski definition) is 4. The number of aromatic nitrogens is 2. The van der Waals surface area contributed by atoms with Crippen LogP contribution in [0, 0.1) is 0 Å². The van der Waals surface area contributed by atoms with Crippen molar-refractivity contribution in [3.63, 3.8) is 0 Å². The maximum absolute atomic E-state index is 11.8. The Morgan fingerprint density at radius 3 is 3.10 bits per heavy atom. The minimum atomic E-state index is -0.388. The number of anilines is 1. The molecule has 2 unspecified atom stereocenters. The van der Waals surface area contributed by atoms with Crippen molar-refractivity contribution in [2.75, 3.05) is 24.5 Å². The zero-order valence-electron chi connectivity index (χ0n) is 12.7. The summed E-state index contributed by atoms with van der Waals surface area (Å²) in [6.07, 6.45) is 6.06. The molecule has 1 aromatic heterocycles. The van der Waals surface area contributed by atoms with E-state index in [0.29, 0.717) is 13.0 Å². The largest absolute Gasteiger partial charge is 0.393 e. The van der Waals surface area contributed by atoms with Gasteiger partial charge < -0.3 is 20.6 Å². The number of aliphatic hydroxyl groups excluding tert-OH is 1. The van der Waals surface area contributed by atoms with E-state index < -0.39 is 0 Å². The molecule has 118 valence electrons. The van der Waals surface area contributed by atoms with Crippen molar-refractivity contribution in [2.45, 2.75) is 38.3 Å². The van der Waals surface area contributed by atoms with E-state index in [2.05, 4.69) is 20.6 Å². The Morgan fingerprint density at radius 1 is 1.62 bits per heavy atom. The molecule has 2 heterocycles. The normalized spacial score (nSPS) is 20.1. The first kappa shape index (κ1) is 15.6. The molecule has 1 aromatic rings. The maximum atomic E-state index is 11.8. The third-order valence-electron chi connectivity index (χ3n) is 3.66. The lowest BCUT2D eigenvalue weighted by Gasteiger charge is -2.33. The van der Waals surface area contributed by atoms with Crippen molar-refractivity contribution < 1.29 is 9.90 Å². The van der Waals surface area contributed by atoms with Gasteiger partial charge in [0.2, 0.25) is 0 Å². The topological polar surface area (TPSA) is 82.4 Å². The zero-order valence-corrected chi connectivity index (χ0v) is 12.7. The van der Waals surface area contributed by atoms with Gasteiger partial charge >= 0.3 is 6.03 Å². The van der Waals surface area contributed by atoms with Gasteiger partial charge in [0.1, 0.15) is 0 Å². The lowest BCUT2D eigenvalue weighted by molar-refractivity contribution is 0.183. The van der Waals surface area contributed by atoms with E-state index in [1.807, 2.05) is 19.4 Å². The van der Waals surface area contributed by atoms with Gasteiger partial charge in [-0.15, -0.1) is 0 Å². The van der Waals surface area contributed by atoms with Crippen molar-refractivity contribution in [1.29, 1.82) is 0 Å². The van der Waals surface area contributed by atoms with Crippen molar-refractivity contribution >= 4 is 11.7 Å². The van der Waals surface area contributed by atoms with Crippen molar-refractivity contribution in [2.24, 2.45) is 7.05 Å². The fraction of sp³-hybridized carbons (Fsp3) is 0.714. The Morgan fingerprint density at radius 2 is 2.43 bits per heavy atom. The molecule has 1 saturated heterocycles. The molecule has 2 rings (SSSR count). The summed E-state index contributed by atoms with van der Waals surface area (Å²) in [5.74, 6) is 0. The molecule has 7 heteroatoms. The monoisotopic (exact) mass is 295 g/mol. The molecular weight excluding hydrogens is 270 g/mol. The number of urea groups is 1. The van der Waals surface area contributed by atoms with Crippen LogP contribution in [0.4, 0.5) is 10.5 Å².